The van der Waals surface area contributed by atoms with E-state index in [1.54, 1.807) is 0 Å². The summed E-state index contributed by atoms with van der Waals surface area (Å²) >= 11 is 5.94. The van der Waals surface area contributed by atoms with Gasteiger partial charge in [-0.3, -0.25) is 4.79 Å². The Morgan fingerprint density at radius 1 is 1.38 bits per heavy atom. The Morgan fingerprint density at radius 2 is 2.12 bits per heavy atom. The van der Waals surface area contributed by atoms with E-state index in [-0.39, 0.29) is 24.2 Å². The van der Waals surface area contributed by atoms with Crippen molar-refractivity contribution < 1.29 is 9.53 Å². The molecule has 92 valence electrons. The number of halogens is 1. The van der Waals surface area contributed by atoms with Crippen molar-refractivity contribution in [3.8, 4) is 0 Å². The van der Waals surface area contributed by atoms with Crippen LogP contribution in [0.4, 0.5) is 0 Å². The molecule has 2 saturated heterocycles. The molecule has 0 saturated carbocycles. The lowest BCUT2D eigenvalue weighted by Crippen LogP contribution is -2.44. The predicted molar refractivity (Wildman–Crippen MR) is 63.6 cm³/mol. The molecule has 0 spiro atoms. The van der Waals surface area contributed by atoms with Gasteiger partial charge in [-0.25, -0.2) is 0 Å². The van der Waals surface area contributed by atoms with Crippen LogP contribution < -0.4 is 0 Å². The van der Waals surface area contributed by atoms with E-state index in [2.05, 4.69) is 6.92 Å². The Kier molecular flexibility index (Phi) is 3.75. The Bertz CT molecular complexity index is 272. The van der Waals surface area contributed by atoms with Crippen molar-refractivity contribution in [2.24, 2.45) is 5.92 Å². The quantitative estimate of drug-likeness (QED) is 0.697. The molecular weight excluding hydrogens is 226 g/mol. The third-order valence-electron chi connectivity index (χ3n) is 3.83. The van der Waals surface area contributed by atoms with E-state index in [4.69, 9.17) is 16.3 Å². The molecule has 4 unspecified atom stereocenters. The number of ether oxygens (including phenoxy) is 1. The number of carbonyl (C=O) groups excluding carboxylic acids is 1. The average molecular weight is 246 g/mol. The van der Waals surface area contributed by atoms with E-state index >= 15 is 0 Å². The molecule has 0 radical (unpaired) electrons. The van der Waals surface area contributed by atoms with Gasteiger partial charge in [0.25, 0.3) is 5.91 Å². The Labute approximate surface area is 102 Å². The van der Waals surface area contributed by atoms with Crippen LogP contribution in [-0.2, 0) is 9.53 Å². The summed E-state index contributed by atoms with van der Waals surface area (Å²) < 4.78 is 5.63. The molecule has 3 nitrogen and oxygen atoms in total. The zero-order valence-electron chi connectivity index (χ0n) is 9.99. The topological polar surface area (TPSA) is 29.5 Å². The van der Waals surface area contributed by atoms with Gasteiger partial charge in [-0.15, -0.1) is 11.6 Å². The molecule has 0 bridgehead atoms. The first-order chi connectivity index (χ1) is 7.63. The number of hydrogen-bond donors (Lipinski definition) is 0. The molecule has 0 aromatic rings. The third-order valence-corrected chi connectivity index (χ3v) is 4.15. The fourth-order valence-electron chi connectivity index (χ4n) is 2.69. The lowest BCUT2D eigenvalue weighted by atomic mass is 10.0. The monoisotopic (exact) mass is 245 g/mol. The summed E-state index contributed by atoms with van der Waals surface area (Å²) in [5.41, 5.74) is 0. The number of amides is 1. The van der Waals surface area contributed by atoms with Crippen LogP contribution in [0.3, 0.4) is 0 Å². The molecule has 2 heterocycles. The number of nitrogens with zero attached hydrogens (tertiary/aromatic N) is 1. The van der Waals surface area contributed by atoms with Crippen molar-refractivity contribution in [3.05, 3.63) is 0 Å². The molecule has 0 N–H and O–H groups in total. The van der Waals surface area contributed by atoms with Crippen molar-refractivity contribution in [2.75, 3.05) is 12.4 Å². The molecular formula is C12H20ClNO2. The van der Waals surface area contributed by atoms with Gasteiger partial charge in [0, 0.05) is 18.5 Å². The highest BCUT2D eigenvalue weighted by Gasteiger charge is 2.39. The van der Waals surface area contributed by atoms with E-state index < -0.39 is 0 Å². The van der Waals surface area contributed by atoms with Crippen LogP contribution in [0, 0.1) is 5.92 Å². The molecule has 2 rings (SSSR count). The maximum atomic E-state index is 12.3. The maximum Gasteiger partial charge on any atom is 0.252 e. The van der Waals surface area contributed by atoms with Crippen molar-refractivity contribution in [1.82, 2.24) is 4.90 Å². The maximum absolute atomic E-state index is 12.3. The molecule has 2 fully saturated rings. The van der Waals surface area contributed by atoms with Crippen molar-refractivity contribution >= 4 is 17.5 Å². The lowest BCUT2D eigenvalue weighted by Gasteiger charge is -2.27. The van der Waals surface area contributed by atoms with Gasteiger partial charge in [0.2, 0.25) is 0 Å². The second kappa shape index (κ2) is 4.92. The molecule has 2 aliphatic rings. The number of rotatable bonds is 2. The molecule has 0 aromatic heterocycles. The van der Waals surface area contributed by atoms with Crippen LogP contribution in [0.25, 0.3) is 0 Å². The van der Waals surface area contributed by atoms with Gasteiger partial charge in [-0.05, 0) is 32.1 Å². The van der Waals surface area contributed by atoms with Crippen LogP contribution in [-0.4, -0.2) is 41.5 Å². The second-order valence-corrected chi connectivity index (χ2v) is 5.34. The Morgan fingerprint density at radius 3 is 2.69 bits per heavy atom. The summed E-state index contributed by atoms with van der Waals surface area (Å²) in [6.45, 7) is 5.03. The highest BCUT2D eigenvalue weighted by atomic mass is 35.5. The summed E-state index contributed by atoms with van der Waals surface area (Å²) in [7, 11) is 0. The van der Waals surface area contributed by atoms with Gasteiger partial charge in [-0.2, -0.15) is 0 Å². The summed E-state index contributed by atoms with van der Waals surface area (Å²) in [6.07, 6.45) is 2.92. The zero-order valence-corrected chi connectivity index (χ0v) is 10.7. The SMILES string of the molecule is CC1CCC(C(=O)N2CCC(C)C2CCl)O1. The normalized spacial score (nSPS) is 39.3. The van der Waals surface area contributed by atoms with Crippen LogP contribution in [0.5, 0.6) is 0 Å². The predicted octanol–water partition coefficient (Wildman–Crippen LogP) is 2.03. The number of alkyl halides is 1. The lowest BCUT2D eigenvalue weighted by molar-refractivity contribution is -0.143. The first-order valence-electron chi connectivity index (χ1n) is 6.15. The molecule has 4 heteroatoms. The number of hydrogen-bond acceptors (Lipinski definition) is 2. The number of carbonyl (C=O) groups is 1. The van der Waals surface area contributed by atoms with Crippen molar-refractivity contribution in [1.29, 1.82) is 0 Å². The molecule has 2 aliphatic heterocycles. The van der Waals surface area contributed by atoms with E-state index in [1.807, 2.05) is 11.8 Å². The Balaban J connectivity index is 1.99. The molecule has 0 aromatic carbocycles. The van der Waals surface area contributed by atoms with Crippen LogP contribution >= 0.6 is 11.6 Å². The minimum Gasteiger partial charge on any atom is -0.365 e. The van der Waals surface area contributed by atoms with Gasteiger partial charge < -0.3 is 9.64 Å². The van der Waals surface area contributed by atoms with Crippen molar-refractivity contribution in [2.45, 2.75) is 51.4 Å². The molecule has 1 amide bonds. The molecule has 0 aliphatic carbocycles. The van der Waals surface area contributed by atoms with Crippen LogP contribution in [0.2, 0.25) is 0 Å². The summed E-state index contributed by atoms with van der Waals surface area (Å²) in [6, 6.07) is 0.202. The first-order valence-corrected chi connectivity index (χ1v) is 6.69. The fourth-order valence-corrected chi connectivity index (χ4v) is 3.16. The van der Waals surface area contributed by atoms with E-state index in [9.17, 15) is 4.79 Å². The molecule has 16 heavy (non-hydrogen) atoms. The van der Waals surface area contributed by atoms with Gasteiger partial charge in [0.15, 0.2) is 0 Å². The van der Waals surface area contributed by atoms with Gasteiger partial charge >= 0.3 is 0 Å². The molecule has 4 atom stereocenters. The van der Waals surface area contributed by atoms with Gasteiger partial charge in [0.1, 0.15) is 6.10 Å². The highest BCUT2D eigenvalue weighted by Crippen LogP contribution is 2.28. The summed E-state index contributed by atoms with van der Waals surface area (Å²) in [5, 5.41) is 0. The smallest absolute Gasteiger partial charge is 0.252 e. The van der Waals surface area contributed by atoms with Gasteiger partial charge in [0.05, 0.1) is 6.10 Å². The summed E-state index contributed by atoms with van der Waals surface area (Å²) in [5.74, 6) is 1.20. The third kappa shape index (κ3) is 2.21. The standard InChI is InChI=1S/C12H20ClNO2/c1-8-5-6-14(10(8)7-13)12(15)11-4-3-9(2)16-11/h8-11H,3-7H2,1-2H3. The van der Waals surface area contributed by atoms with E-state index in [0.29, 0.717) is 11.8 Å². The van der Waals surface area contributed by atoms with E-state index in [1.165, 1.54) is 0 Å². The first kappa shape index (κ1) is 12.2. The summed E-state index contributed by atoms with van der Waals surface area (Å²) in [4.78, 5) is 14.2. The Hall–Kier alpha value is -0.280. The minimum absolute atomic E-state index is 0.152. The minimum atomic E-state index is -0.217. The van der Waals surface area contributed by atoms with E-state index in [0.717, 1.165) is 25.8 Å². The van der Waals surface area contributed by atoms with Crippen LogP contribution in [0.15, 0.2) is 0 Å². The number of likely N-dealkylation sites (tertiary alicyclic amines) is 1. The van der Waals surface area contributed by atoms with Crippen molar-refractivity contribution in [3.63, 3.8) is 0 Å². The van der Waals surface area contributed by atoms with Crippen LogP contribution in [0.1, 0.15) is 33.1 Å². The highest BCUT2D eigenvalue weighted by molar-refractivity contribution is 6.18. The fraction of sp³-hybridized carbons (Fsp3) is 0.917. The average Bonchev–Trinajstić information content (AvgIpc) is 2.83. The second-order valence-electron chi connectivity index (χ2n) is 5.03. The van der Waals surface area contributed by atoms with Gasteiger partial charge in [-0.1, -0.05) is 6.92 Å². The zero-order chi connectivity index (χ0) is 11.7. The largest absolute Gasteiger partial charge is 0.365 e.